The highest BCUT2D eigenvalue weighted by Gasteiger charge is 2.54. The van der Waals surface area contributed by atoms with E-state index in [0.717, 1.165) is 25.0 Å². The Labute approximate surface area is 130 Å². The smallest absolute Gasteiger partial charge is 0.416 e. The number of aliphatic carboxylic acids is 1. The van der Waals surface area contributed by atoms with E-state index in [1.54, 1.807) is 0 Å². The van der Waals surface area contributed by atoms with Crippen molar-refractivity contribution in [2.75, 3.05) is 5.32 Å². The number of carboxylic acids is 1. The van der Waals surface area contributed by atoms with Gasteiger partial charge in [-0.25, -0.2) is 0 Å². The van der Waals surface area contributed by atoms with Crippen molar-refractivity contribution in [2.24, 2.45) is 23.7 Å². The van der Waals surface area contributed by atoms with Crippen LogP contribution in [0.25, 0.3) is 0 Å². The van der Waals surface area contributed by atoms with E-state index in [1.165, 1.54) is 12.1 Å². The zero-order valence-electron chi connectivity index (χ0n) is 12.1. The van der Waals surface area contributed by atoms with E-state index in [-0.39, 0.29) is 17.5 Å². The highest BCUT2D eigenvalue weighted by atomic mass is 19.4. The zero-order valence-corrected chi connectivity index (χ0v) is 12.1. The van der Waals surface area contributed by atoms with Gasteiger partial charge in [0.1, 0.15) is 0 Å². The molecule has 2 aliphatic rings. The molecule has 124 valence electrons. The summed E-state index contributed by atoms with van der Waals surface area (Å²) in [6, 6.07) is 4.37. The maximum atomic E-state index is 12.7. The quantitative estimate of drug-likeness (QED) is 0.894. The molecule has 3 rings (SSSR count). The lowest BCUT2D eigenvalue weighted by atomic mass is 9.78. The van der Waals surface area contributed by atoms with Crippen LogP contribution in [0.3, 0.4) is 0 Å². The first-order chi connectivity index (χ1) is 10.8. The topological polar surface area (TPSA) is 66.4 Å². The molecule has 2 N–H and O–H groups in total. The molecule has 0 aliphatic heterocycles. The van der Waals surface area contributed by atoms with Crippen LogP contribution >= 0.6 is 0 Å². The van der Waals surface area contributed by atoms with E-state index in [4.69, 9.17) is 0 Å². The van der Waals surface area contributed by atoms with Gasteiger partial charge in [0, 0.05) is 5.69 Å². The molecule has 2 saturated carbocycles. The van der Waals surface area contributed by atoms with Gasteiger partial charge in [-0.1, -0.05) is 6.07 Å². The highest BCUT2D eigenvalue weighted by Crippen LogP contribution is 2.52. The van der Waals surface area contributed by atoms with Gasteiger partial charge in [0.05, 0.1) is 17.4 Å². The van der Waals surface area contributed by atoms with Crippen molar-refractivity contribution in [2.45, 2.75) is 25.4 Å². The lowest BCUT2D eigenvalue weighted by molar-refractivity contribution is -0.148. The Balaban J connectivity index is 1.78. The Kier molecular flexibility index (Phi) is 3.82. The number of fused-ring (bicyclic) bond motifs is 2. The predicted octanol–water partition coefficient (Wildman–Crippen LogP) is 3.39. The average Bonchev–Trinajstić information content (AvgIpc) is 3.07. The molecular formula is C16H16F3NO3. The third-order valence-electron chi connectivity index (χ3n) is 4.96. The summed E-state index contributed by atoms with van der Waals surface area (Å²) in [4.78, 5) is 23.8. The molecule has 0 unspecified atom stereocenters. The molecule has 23 heavy (non-hydrogen) atoms. The van der Waals surface area contributed by atoms with Crippen molar-refractivity contribution in [1.29, 1.82) is 0 Å². The number of carbonyl (C=O) groups is 2. The first-order valence-electron chi connectivity index (χ1n) is 7.48. The van der Waals surface area contributed by atoms with Crippen LogP contribution in [0.2, 0.25) is 0 Å². The van der Waals surface area contributed by atoms with Gasteiger partial charge in [-0.2, -0.15) is 13.2 Å². The summed E-state index contributed by atoms with van der Waals surface area (Å²) < 4.78 is 38.1. The van der Waals surface area contributed by atoms with Crippen LogP contribution in [0, 0.1) is 23.7 Å². The lowest BCUT2D eigenvalue weighted by Gasteiger charge is -2.27. The maximum Gasteiger partial charge on any atom is 0.416 e. The molecule has 1 aromatic carbocycles. The van der Waals surface area contributed by atoms with Gasteiger partial charge >= 0.3 is 12.1 Å². The number of benzene rings is 1. The Bertz CT molecular complexity index is 644. The van der Waals surface area contributed by atoms with Crippen LogP contribution in [-0.2, 0) is 15.8 Å². The minimum Gasteiger partial charge on any atom is -0.481 e. The minimum absolute atomic E-state index is 0.00485. The van der Waals surface area contributed by atoms with Crippen LogP contribution in [-0.4, -0.2) is 17.0 Å². The zero-order chi connectivity index (χ0) is 16.8. The number of amides is 1. The minimum atomic E-state index is -4.49. The molecule has 2 aliphatic carbocycles. The lowest BCUT2D eigenvalue weighted by Crippen LogP contribution is -2.37. The standard InChI is InChI=1S/C16H16F3NO3/c17-16(18,19)10-2-1-3-11(7-10)20-14(21)12-8-4-5-9(6-8)13(12)15(22)23/h1-3,7-9,12-13H,4-6H2,(H,20,21)(H,22,23)/t8-,9+,12-,13+/m1/s1. The van der Waals surface area contributed by atoms with Gasteiger partial charge in [-0.3, -0.25) is 9.59 Å². The summed E-state index contributed by atoms with van der Waals surface area (Å²) in [5, 5.41) is 11.8. The number of hydrogen-bond acceptors (Lipinski definition) is 2. The molecule has 0 heterocycles. The van der Waals surface area contributed by atoms with Crippen molar-refractivity contribution >= 4 is 17.6 Å². The van der Waals surface area contributed by atoms with Crippen LogP contribution in [0.15, 0.2) is 24.3 Å². The first kappa shape index (κ1) is 15.8. The Morgan fingerprint density at radius 2 is 1.78 bits per heavy atom. The molecule has 0 aromatic heterocycles. The number of hydrogen-bond donors (Lipinski definition) is 2. The molecule has 0 spiro atoms. The van der Waals surface area contributed by atoms with Crippen molar-refractivity contribution in [1.82, 2.24) is 0 Å². The molecule has 0 saturated heterocycles. The van der Waals surface area contributed by atoms with Gasteiger partial charge in [-0.15, -0.1) is 0 Å². The Hall–Kier alpha value is -2.05. The third-order valence-corrected chi connectivity index (χ3v) is 4.96. The number of nitrogens with one attached hydrogen (secondary N) is 1. The number of anilines is 1. The van der Waals surface area contributed by atoms with Gasteiger partial charge in [-0.05, 0) is 49.3 Å². The number of halogens is 3. The second-order valence-corrected chi connectivity index (χ2v) is 6.29. The molecule has 1 aromatic rings. The molecule has 2 bridgehead atoms. The summed E-state index contributed by atoms with van der Waals surface area (Å²) in [6.45, 7) is 0. The molecule has 2 fully saturated rings. The number of carboxylic acid groups (broad SMARTS) is 1. The molecule has 4 atom stereocenters. The Morgan fingerprint density at radius 3 is 2.39 bits per heavy atom. The molecule has 1 amide bonds. The summed E-state index contributed by atoms with van der Waals surface area (Å²) in [5.74, 6) is -2.90. The van der Waals surface area contributed by atoms with Gasteiger partial charge < -0.3 is 10.4 Å². The third kappa shape index (κ3) is 2.92. The van der Waals surface area contributed by atoms with Crippen molar-refractivity contribution in [3.63, 3.8) is 0 Å². The van der Waals surface area contributed by atoms with Crippen LogP contribution < -0.4 is 5.32 Å². The maximum absolute atomic E-state index is 12.7. The second kappa shape index (κ2) is 5.54. The molecule has 4 nitrogen and oxygen atoms in total. The van der Waals surface area contributed by atoms with Crippen LogP contribution in [0.4, 0.5) is 18.9 Å². The van der Waals surface area contributed by atoms with Crippen molar-refractivity contribution in [3.8, 4) is 0 Å². The predicted molar refractivity (Wildman–Crippen MR) is 75.5 cm³/mol. The fourth-order valence-electron chi connectivity index (χ4n) is 4.02. The second-order valence-electron chi connectivity index (χ2n) is 6.29. The summed E-state index contributed by atoms with van der Waals surface area (Å²) in [5.41, 5.74) is -0.810. The van der Waals surface area contributed by atoms with E-state index in [1.807, 2.05) is 0 Å². The number of alkyl halides is 3. The molecular weight excluding hydrogens is 311 g/mol. The fraction of sp³-hybridized carbons (Fsp3) is 0.500. The highest BCUT2D eigenvalue weighted by molar-refractivity contribution is 5.96. The number of rotatable bonds is 3. The fourth-order valence-corrected chi connectivity index (χ4v) is 4.02. The van der Waals surface area contributed by atoms with E-state index in [9.17, 15) is 27.9 Å². The van der Waals surface area contributed by atoms with Crippen molar-refractivity contribution in [3.05, 3.63) is 29.8 Å². The summed E-state index contributed by atoms with van der Waals surface area (Å²) >= 11 is 0. The van der Waals surface area contributed by atoms with Gasteiger partial charge in [0.25, 0.3) is 0 Å². The van der Waals surface area contributed by atoms with E-state index >= 15 is 0 Å². The van der Waals surface area contributed by atoms with E-state index in [2.05, 4.69) is 5.32 Å². The van der Waals surface area contributed by atoms with Gasteiger partial charge in [0.2, 0.25) is 5.91 Å². The van der Waals surface area contributed by atoms with Crippen LogP contribution in [0.1, 0.15) is 24.8 Å². The van der Waals surface area contributed by atoms with Crippen LogP contribution in [0.5, 0.6) is 0 Å². The van der Waals surface area contributed by atoms with E-state index < -0.39 is 35.5 Å². The van der Waals surface area contributed by atoms with Crippen molar-refractivity contribution < 1.29 is 27.9 Å². The van der Waals surface area contributed by atoms with Gasteiger partial charge in [0.15, 0.2) is 0 Å². The summed E-state index contributed by atoms with van der Waals surface area (Å²) in [7, 11) is 0. The number of carbonyl (C=O) groups excluding carboxylic acids is 1. The SMILES string of the molecule is O=C(Nc1cccc(C(F)(F)F)c1)[C@@H]1[C@@H]2CC[C@@H](C2)[C@@H]1C(=O)O. The summed E-state index contributed by atoms with van der Waals surface area (Å²) in [6.07, 6.45) is -2.18. The van der Waals surface area contributed by atoms with E-state index in [0.29, 0.717) is 6.42 Å². The molecule has 7 heteroatoms. The first-order valence-corrected chi connectivity index (χ1v) is 7.48. The largest absolute Gasteiger partial charge is 0.481 e. The average molecular weight is 327 g/mol. The molecule has 0 radical (unpaired) electrons. The Morgan fingerprint density at radius 1 is 1.13 bits per heavy atom. The monoisotopic (exact) mass is 327 g/mol. The normalized spacial score (nSPS) is 29.5.